The molecule has 1 fully saturated rings. The van der Waals surface area contributed by atoms with Crippen LogP contribution in [0.1, 0.15) is 85.3 Å². The molecular formula is C22H32O3. The summed E-state index contributed by atoms with van der Waals surface area (Å²) in [6.07, 6.45) is 6.90. The van der Waals surface area contributed by atoms with E-state index in [1.165, 1.54) is 0 Å². The molecule has 0 spiro atoms. The van der Waals surface area contributed by atoms with Crippen molar-refractivity contribution >= 4 is 11.8 Å². The number of ketones is 1. The topological polar surface area (TPSA) is 54.4 Å². The zero-order chi connectivity index (χ0) is 18.6. The smallest absolute Gasteiger partial charge is 0.307 e. The van der Waals surface area contributed by atoms with Gasteiger partial charge >= 0.3 is 5.97 Å². The van der Waals surface area contributed by atoms with Gasteiger partial charge in [-0.2, -0.15) is 0 Å². The molecule has 0 aromatic heterocycles. The summed E-state index contributed by atoms with van der Waals surface area (Å²) in [5, 5.41) is 9.92. The summed E-state index contributed by atoms with van der Waals surface area (Å²) in [6, 6.07) is 4.07. The minimum Gasteiger partial charge on any atom is -0.481 e. The lowest BCUT2D eigenvalue weighted by molar-refractivity contribution is -0.146. The Morgan fingerprint density at radius 2 is 1.64 bits per heavy atom. The zero-order valence-corrected chi connectivity index (χ0v) is 16.2. The number of Topliss-reactive ketones (excluding diaryl/α,β-unsaturated/α-hetero) is 1. The fourth-order valence-corrected chi connectivity index (χ4v) is 4.76. The van der Waals surface area contributed by atoms with Crippen LogP contribution in [-0.4, -0.2) is 16.9 Å². The summed E-state index contributed by atoms with van der Waals surface area (Å²) < 4.78 is 0. The number of carboxylic acids is 1. The quantitative estimate of drug-likeness (QED) is 0.491. The Balaban J connectivity index is 2.44. The number of hydrogen-bond donors (Lipinski definition) is 1. The van der Waals surface area contributed by atoms with Crippen molar-refractivity contribution in [2.75, 3.05) is 0 Å². The van der Waals surface area contributed by atoms with E-state index in [1.54, 1.807) is 0 Å². The third-order valence-electron chi connectivity index (χ3n) is 5.91. The third-order valence-corrected chi connectivity index (χ3v) is 5.91. The number of aliphatic carboxylic acids is 1. The van der Waals surface area contributed by atoms with Gasteiger partial charge in [0.15, 0.2) is 5.78 Å². The van der Waals surface area contributed by atoms with Crippen molar-refractivity contribution in [2.24, 2.45) is 11.3 Å². The molecule has 1 aromatic rings. The number of carbonyl (C=O) groups excluding carboxylic acids is 1. The average Bonchev–Trinajstić information content (AvgIpc) is 3.00. The molecule has 1 N–H and O–H groups in total. The summed E-state index contributed by atoms with van der Waals surface area (Å²) in [4.78, 5) is 25.7. The summed E-state index contributed by atoms with van der Waals surface area (Å²) in [5.74, 6) is -1.29. The molecule has 1 aromatic carbocycles. The van der Waals surface area contributed by atoms with Gasteiger partial charge in [-0.05, 0) is 51.2 Å². The lowest BCUT2D eigenvalue weighted by atomic mass is 9.66. The third kappa shape index (κ3) is 3.96. The molecule has 0 radical (unpaired) electrons. The Bertz CT molecular complexity index is 616. The summed E-state index contributed by atoms with van der Waals surface area (Å²) in [5.41, 5.74) is 3.14. The molecule has 1 saturated carbocycles. The van der Waals surface area contributed by atoms with Crippen LogP contribution in [0.25, 0.3) is 0 Å². The first-order valence-electron chi connectivity index (χ1n) is 9.69. The highest BCUT2D eigenvalue weighted by Gasteiger charge is 2.50. The van der Waals surface area contributed by atoms with Gasteiger partial charge in [-0.3, -0.25) is 9.59 Å². The van der Waals surface area contributed by atoms with Crippen LogP contribution >= 0.6 is 0 Å². The summed E-state index contributed by atoms with van der Waals surface area (Å²) >= 11 is 0. The number of unbranched alkanes of at least 4 members (excludes halogenated alkanes) is 2. The van der Waals surface area contributed by atoms with Crippen LogP contribution in [-0.2, 0) is 4.79 Å². The average molecular weight is 344 g/mol. The van der Waals surface area contributed by atoms with Crippen molar-refractivity contribution in [3.8, 4) is 0 Å². The Hall–Kier alpha value is -1.64. The van der Waals surface area contributed by atoms with Crippen LogP contribution in [0, 0.1) is 32.1 Å². The normalized spacial score (nSPS) is 17.4. The van der Waals surface area contributed by atoms with Crippen molar-refractivity contribution in [3.63, 3.8) is 0 Å². The van der Waals surface area contributed by atoms with Gasteiger partial charge in [0.25, 0.3) is 0 Å². The molecule has 138 valence electrons. The molecule has 1 aliphatic rings. The van der Waals surface area contributed by atoms with E-state index in [2.05, 4.69) is 6.92 Å². The van der Waals surface area contributed by atoms with Gasteiger partial charge in [0, 0.05) is 11.0 Å². The maximum atomic E-state index is 13.6. The van der Waals surface area contributed by atoms with Crippen molar-refractivity contribution in [2.45, 2.75) is 79.1 Å². The first kappa shape index (κ1) is 19.7. The standard InChI is InChI=1S/C22H32O3/c1-5-6-7-10-18(21(24)25)22(11-8-9-12-22)20(23)19-16(3)13-15(2)14-17(19)4/h13-14,18H,5-12H2,1-4H3,(H,24,25). The number of carbonyl (C=O) groups is 2. The molecule has 3 heteroatoms. The van der Waals surface area contributed by atoms with Crippen molar-refractivity contribution in [1.82, 2.24) is 0 Å². The molecule has 0 amide bonds. The van der Waals surface area contributed by atoms with E-state index in [1.807, 2.05) is 32.9 Å². The minimum absolute atomic E-state index is 0.0731. The van der Waals surface area contributed by atoms with Gasteiger partial charge < -0.3 is 5.11 Å². The maximum absolute atomic E-state index is 13.6. The van der Waals surface area contributed by atoms with Crippen molar-refractivity contribution in [3.05, 3.63) is 34.4 Å². The highest BCUT2D eigenvalue weighted by Crippen LogP contribution is 2.49. The molecule has 0 saturated heterocycles. The van der Waals surface area contributed by atoms with E-state index >= 15 is 0 Å². The number of aryl methyl sites for hydroxylation is 3. The highest BCUT2D eigenvalue weighted by molar-refractivity contribution is 6.05. The van der Waals surface area contributed by atoms with Gasteiger partial charge in [0.1, 0.15) is 0 Å². The number of hydrogen-bond acceptors (Lipinski definition) is 2. The van der Waals surface area contributed by atoms with Crippen molar-refractivity contribution < 1.29 is 14.7 Å². The molecular weight excluding hydrogens is 312 g/mol. The second kappa shape index (κ2) is 8.16. The zero-order valence-electron chi connectivity index (χ0n) is 16.2. The fourth-order valence-electron chi connectivity index (χ4n) is 4.76. The summed E-state index contributed by atoms with van der Waals surface area (Å²) in [6.45, 7) is 8.10. The lowest BCUT2D eigenvalue weighted by Gasteiger charge is -2.35. The van der Waals surface area contributed by atoms with Gasteiger partial charge in [0.2, 0.25) is 0 Å². The lowest BCUT2D eigenvalue weighted by Crippen LogP contribution is -2.41. The van der Waals surface area contributed by atoms with E-state index < -0.39 is 17.3 Å². The van der Waals surface area contributed by atoms with Crippen LogP contribution in [0.15, 0.2) is 12.1 Å². The maximum Gasteiger partial charge on any atom is 0.307 e. The van der Waals surface area contributed by atoms with Gasteiger partial charge in [-0.25, -0.2) is 0 Å². The fraction of sp³-hybridized carbons (Fsp3) is 0.636. The van der Waals surface area contributed by atoms with Crippen LogP contribution in [0.2, 0.25) is 0 Å². The van der Waals surface area contributed by atoms with Crippen LogP contribution in [0.5, 0.6) is 0 Å². The summed E-state index contributed by atoms with van der Waals surface area (Å²) in [7, 11) is 0. The minimum atomic E-state index is -0.797. The van der Waals surface area contributed by atoms with E-state index in [0.29, 0.717) is 19.3 Å². The molecule has 1 unspecified atom stereocenters. The van der Waals surface area contributed by atoms with Gasteiger partial charge in [0.05, 0.1) is 5.92 Å². The first-order chi connectivity index (χ1) is 11.8. The molecule has 25 heavy (non-hydrogen) atoms. The Labute approximate surface area is 151 Å². The number of benzene rings is 1. The van der Waals surface area contributed by atoms with E-state index in [0.717, 1.165) is 54.4 Å². The second-order valence-electron chi connectivity index (χ2n) is 7.85. The van der Waals surface area contributed by atoms with Crippen LogP contribution in [0.4, 0.5) is 0 Å². The molecule has 1 aliphatic carbocycles. The molecule has 2 rings (SSSR count). The molecule has 3 nitrogen and oxygen atoms in total. The Kier molecular flexibility index (Phi) is 6.42. The highest BCUT2D eigenvalue weighted by atomic mass is 16.4. The predicted octanol–water partition coefficient (Wildman–Crippen LogP) is 5.64. The largest absolute Gasteiger partial charge is 0.481 e. The SMILES string of the molecule is CCCCCC(C(=O)O)C1(C(=O)c2c(C)cc(C)cc2C)CCCC1. The monoisotopic (exact) mass is 344 g/mol. The first-order valence-corrected chi connectivity index (χ1v) is 9.69. The predicted molar refractivity (Wildman–Crippen MR) is 101 cm³/mol. The van der Waals surface area contributed by atoms with Crippen LogP contribution in [0.3, 0.4) is 0 Å². The van der Waals surface area contributed by atoms with E-state index in [-0.39, 0.29) is 5.78 Å². The Morgan fingerprint density at radius 3 is 2.12 bits per heavy atom. The van der Waals surface area contributed by atoms with Gasteiger partial charge in [-0.15, -0.1) is 0 Å². The van der Waals surface area contributed by atoms with E-state index in [4.69, 9.17) is 0 Å². The van der Waals surface area contributed by atoms with Gasteiger partial charge in [-0.1, -0.05) is 56.7 Å². The van der Waals surface area contributed by atoms with Crippen LogP contribution < -0.4 is 0 Å². The number of rotatable bonds is 8. The van der Waals surface area contributed by atoms with E-state index in [9.17, 15) is 14.7 Å². The molecule has 0 aliphatic heterocycles. The molecule has 0 bridgehead atoms. The Morgan fingerprint density at radius 1 is 1.08 bits per heavy atom. The van der Waals surface area contributed by atoms with Crippen molar-refractivity contribution in [1.29, 1.82) is 0 Å². The molecule has 0 heterocycles. The second-order valence-corrected chi connectivity index (χ2v) is 7.85. The molecule has 1 atom stereocenters. The number of carboxylic acid groups (broad SMARTS) is 1.